The molecule has 29 heavy (non-hydrogen) atoms. The summed E-state index contributed by atoms with van der Waals surface area (Å²) in [6.45, 7) is 5.86. The standard InChI is InChI=1S/C22H25FN4OS.H2/c1-5-29(4,28)27-22-18-11-19(25)15(12-24)10-17(18)20(21(26-22)13(2)3)14-6-8-16(23)9-7-14;/h6-13,24H,5,25H2,1-4H3;1H. The second-order valence-electron chi connectivity index (χ2n) is 7.37. The number of pyridine rings is 1. The van der Waals surface area contributed by atoms with E-state index in [1.165, 1.54) is 18.3 Å². The van der Waals surface area contributed by atoms with E-state index in [1.807, 2.05) is 26.8 Å². The lowest BCUT2D eigenvalue weighted by atomic mass is 9.91. The maximum absolute atomic E-state index is 13.5. The molecule has 154 valence electrons. The number of nitrogens with zero attached hydrogens (tertiary/aromatic N) is 2. The molecule has 0 spiro atoms. The molecule has 0 aliphatic heterocycles. The van der Waals surface area contributed by atoms with Crippen LogP contribution in [0, 0.1) is 11.2 Å². The monoisotopic (exact) mass is 414 g/mol. The number of nitrogens with two attached hydrogens (primary N) is 1. The molecule has 0 bridgehead atoms. The number of anilines is 1. The summed E-state index contributed by atoms with van der Waals surface area (Å²) in [5.41, 5.74) is 9.55. The maximum Gasteiger partial charge on any atom is 0.169 e. The van der Waals surface area contributed by atoms with Crippen molar-refractivity contribution in [3.8, 4) is 11.1 Å². The Labute approximate surface area is 172 Å². The zero-order valence-corrected chi connectivity index (χ0v) is 17.8. The van der Waals surface area contributed by atoms with Crippen LogP contribution in [0.2, 0.25) is 0 Å². The fourth-order valence-corrected chi connectivity index (χ4v) is 3.81. The molecule has 1 atom stereocenters. The van der Waals surface area contributed by atoms with Gasteiger partial charge in [-0.2, -0.15) is 4.36 Å². The number of nitrogen functional groups attached to an aromatic ring is 1. The van der Waals surface area contributed by atoms with E-state index in [9.17, 15) is 8.60 Å². The number of nitrogens with one attached hydrogen (secondary N) is 1. The summed E-state index contributed by atoms with van der Waals surface area (Å²) in [4.78, 5) is 4.78. The second-order valence-corrected chi connectivity index (χ2v) is 10.0. The van der Waals surface area contributed by atoms with Crippen molar-refractivity contribution < 1.29 is 10.0 Å². The van der Waals surface area contributed by atoms with Crippen LogP contribution in [0.4, 0.5) is 15.9 Å². The Morgan fingerprint density at radius 2 is 1.93 bits per heavy atom. The number of benzene rings is 2. The number of hydrogen-bond donors (Lipinski definition) is 2. The van der Waals surface area contributed by atoms with Gasteiger partial charge in [0.1, 0.15) is 5.82 Å². The molecule has 3 aromatic rings. The van der Waals surface area contributed by atoms with Crippen LogP contribution in [0.15, 0.2) is 40.8 Å². The van der Waals surface area contributed by atoms with Crippen LogP contribution >= 0.6 is 0 Å². The van der Waals surface area contributed by atoms with Gasteiger partial charge in [-0.3, -0.25) is 0 Å². The lowest BCUT2D eigenvalue weighted by Gasteiger charge is -2.18. The molecule has 0 aliphatic carbocycles. The average Bonchev–Trinajstić information content (AvgIpc) is 2.68. The minimum atomic E-state index is -2.44. The molecule has 0 amide bonds. The van der Waals surface area contributed by atoms with E-state index < -0.39 is 9.73 Å². The van der Waals surface area contributed by atoms with Crippen molar-refractivity contribution in [1.82, 2.24) is 4.98 Å². The molecule has 0 saturated heterocycles. The van der Waals surface area contributed by atoms with Crippen molar-refractivity contribution in [2.75, 3.05) is 17.7 Å². The van der Waals surface area contributed by atoms with Gasteiger partial charge < -0.3 is 11.1 Å². The highest BCUT2D eigenvalue weighted by atomic mass is 32.2. The van der Waals surface area contributed by atoms with Crippen molar-refractivity contribution in [2.45, 2.75) is 26.7 Å². The normalized spacial score (nSPS) is 13.4. The van der Waals surface area contributed by atoms with Crippen LogP contribution < -0.4 is 5.73 Å². The SMILES string of the molecule is CCS(C)(=O)=Nc1nc(C(C)C)c(-c2ccc(F)cc2)c2cc(C=N)c(N)cc12.[HH]. The molecular formula is C22H27FN4OS. The Balaban J connectivity index is 0.00000320. The fourth-order valence-electron chi connectivity index (χ4n) is 3.17. The summed E-state index contributed by atoms with van der Waals surface area (Å²) in [6.07, 6.45) is 2.81. The summed E-state index contributed by atoms with van der Waals surface area (Å²) < 4.78 is 30.7. The molecule has 0 aliphatic rings. The largest absolute Gasteiger partial charge is 0.398 e. The summed E-state index contributed by atoms with van der Waals surface area (Å²) in [5.74, 6) is 0.513. The van der Waals surface area contributed by atoms with E-state index in [4.69, 9.17) is 16.1 Å². The molecule has 2 aromatic carbocycles. The highest BCUT2D eigenvalue weighted by Gasteiger charge is 2.20. The second kappa shape index (κ2) is 7.91. The Morgan fingerprint density at radius 3 is 2.48 bits per heavy atom. The van der Waals surface area contributed by atoms with Gasteiger partial charge in [0.25, 0.3) is 0 Å². The molecule has 3 N–H and O–H groups in total. The van der Waals surface area contributed by atoms with Gasteiger partial charge in [0.2, 0.25) is 0 Å². The molecule has 1 aromatic heterocycles. The van der Waals surface area contributed by atoms with Gasteiger partial charge in [0.15, 0.2) is 5.82 Å². The van der Waals surface area contributed by atoms with Gasteiger partial charge in [-0.1, -0.05) is 32.9 Å². The molecular weight excluding hydrogens is 387 g/mol. The quantitative estimate of drug-likeness (QED) is 0.412. The minimum absolute atomic E-state index is 0. The third kappa shape index (κ3) is 4.15. The third-order valence-corrected chi connectivity index (χ3v) is 6.50. The number of halogens is 1. The Bertz CT molecular complexity index is 1220. The van der Waals surface area contributed by atoms with Gasteiger partial charge in [-0.05, 0) is 41.1 Å². The lowest BCUT2D eigenvalue weighted by molar-refractivity contribution is 0.628. The van der Waals surface area contributed by atoms with Crippen LogP contribution in [0.3, 0.4) is 0 Å². The summed E-state index contributed by atoms with van der Waals surface area (Å²) in [7, 11) is -2.44. The molecule has 0 fully saturated rings. The van der Waals surface area contributed by atoms with Crippen molar-refractivity contribution in [3.63, 3.8) is 0 Å². The predicted octanol–water partition coefficient (Wildman–Crippen LogP) is 5.74. The van der Waals surface area contributed by atoms with E-state index in [0.717, 1.165) is 22.2 Å². The van der Waals surface area contributed by atoms with E-state index in [0.29, 0.717) is 28.2 Å². The first kappa shape index (κ1) is 20.9. The first-order valence-electron chi connectivity index (χ1n) is 9.40. The molecule has 0 radical (unpaired) electrons. The lowest BCUT2D eigenvalue weighted by Crippen LogP contribution is -2.03. The summed E-state index contributed by atoms with van der Waals surface area (Å²) in [6, 6.07) is 9.80. The number of hydrogen-bond acceptors (Lipinski definition) is 5. The van der Waals surface area contributed by atoms with Gasteiger partial charge in [0, 0.05) is 41.9 Å². The molecule has 0 saturated carbocycles. The van der Waals surface area contributed by atoms with Gasteiger partial charge >= 0.3 is 0 Å². The van der Waals surface area contributed by atoms with E-state index >= 15 is 0 Å². The Kier molecular flexibility index (Phi) is 5.71. The van der Waals surface area contributed by atoms with E-state index in [-0.39, 0.29) is 13.2 Å². The number of fused-ring (bicyclic) bond motifs is 1. The first-order valence-corrected chi connectivity index (χ1v) is 11.5. The van der Waals surface area contributed by atoms with Crippen molar-refractivity contribution >= 4 is 38.2 Å². The van der Waals surface area contributed by atoms with Crippen LogP contribution in [0.25, 0.3) is 21.9 Å². The highest BCUT2D eigenvalue weighted by molar-refractivity contribution is 7.93. The molecule has 7 heteroatoms. The third-order valence-electron chi connectivity index (χ3n) is 4.87. The number of aromatic nitrogens is 1. The smallest absolute Gasteiger partial charge is 0.169 e. The summed E-state index contributed by atoms with van der Waals surface area (Å²) in [5, 5.41) is 9.15. The molecule has 1 heterocycles. The van der Waals surface area contributed by atoms with Gasteiger partial charge in [-0.25, -0.2) is 13.6 Å². The highest BCUT2D eigenvalue weighted by Crippen LogP contribution is 2.40. The predicted molar refractivity (Wildman–Crippen MR) is 122 cm³/mol. The van der Waals surface area contributed by atoms with Gasteiger partial charge in [0.05, 0.1) is 15.4 Å². The van der Waals surface area contributed by atoms with Crippen molar-refractivity contribution in [1.29, 1.82) is 5.41 Å². The number of rotatable bonds is 5. The zero-order chi connectivity index (χ0) is 21.3. The van der Waals surface area contributed by atoms with E-state index in [1.54, 1.807) is 24.5 Å². The van der Waals surface area contributed by atoms with E-state index in [2.05, 4.69) is 4.36 Å². The average molecular weight is 415 g/mol. The molecule has 1 unspecified atom stereocenters. The molecule has 3 rings (SSSR count). The first-order chi connectivity index (χ1) is 13.7. The maximum atomic E-state index is 13.5. The Hall–Kier alpha value is -2.80. The summed E-state index contributed by atoms with van der Waals surface area (Å²) >= 11 is 0. The fraction of sp³-hybridized carbons (Fsp3) is 0.273. The van der Waals surface area contributed by atoms with Crippen LogP contribution in [0.5, 0.6) is 0 Å². The minimum Gasteiger partial charge on any atom is -0.398 e. The van der Waals surface area contributed by atoms with Crippen LogP contribution in [0.1, 0.15) is 39.4 Å². The molecule has 5 nitrogen and oxygen atoms in total. The van der Waals surface area contributed by atoms with Crippen LogP contribution in [-0.4, -0.2) is 27.4 Å². The Morgan fingerprint density at radius 1 is 1.28 bits per heavy atom. The topological polar surface area (TPSA) is 92.2 Å². The van der Waals surface area contributed by atoms with Gasteiger partial charge in [-0.15, -0.1) is 0 Å². The van der Waals surface area contributed by atoms with Crippen molar-refractivity contribution in [3.05, 3.63) is 53.5 Å². The zero-order valence-electron chi connectivity index (χ0n) is 17.0. The van der Waals surface area contributed by atoms with Crippen LogP contribution in [-0.2, 0) is 9.73 Å². The van der Waals surface area contributed by atoms with Crippen molar-refractivity contribution in [2.24, 2.45) is 4.36 Å².